The molecule has 16 heavy (non-hydrogen) atoms. The maximum absolute atomic E-state index is 11.9. The van der Waals surface area contributed by atoms with Crippen LogP contribution < -0.4 is 5.32 Å². The second kappa shape index (κ2) is 5.92. The highest BCUT2D eigenvalue weighted by atomic mass is 32.2. The van der Waals surface area contributed by atoms with Crippen molar-refractivity contribution in [3.8, 4) is 0 Å². The first-order valence-electron chi connectivity index (χ1n) is 5.98. The van der Waals surface area contributed by atoms with E-state index in [1.807, 2.05) is 23.7 Å². The maximum atomic E-state index is 11.9. The first kappa shape index (κ1) is 13.8. The smallest absolute Gasteiger partial charge is 0.223 e. The van der Waals surface area contributed by atoms with E-state index in [1.54, 1.807) is 0 Å². The van der Waals surface area contributed by atoms with Gasteiger partial charge in [0.1, 0.15) is 0 Å². The topological polar surface area (TPSA) is 32.3 Å². The summed E-state index contributed by atoms with van der Waals surface area (Å²) >= 11 is 1.95. The number of nitrogens with one attached hydrogen (secondary N) is 1. The van der Waals surface area contributed by atoms with E-state index in [0.717, 1.165) is 18.7 Å². The number of nitrogens with zero attached hydrogens (tertiary/aromatic N) is 1. The Morgan fingerprint density at radius 3 is 2.69 bits per heavy atom. The summed E-state index contributed by atoms with van der Waals surface area (Å²) in [6.07, 6.45) is 1.76. The third kappa shape index (κ3) is 4.74. The van der Waals surface area contributed by atoms with Crippen LogP contribution in [-0.4, -0.2) is 47.5 Å². The summed E-state index contributed by atoms with van der Waals surface area (Å²) in [5.74, 6) is 2.57. The van der Waals surface area contributed by atoms with Gasteiger partial charge < -0.3 is 10.2 Å². The van der Waals surface area contributed by atoms with E-state index in [4.69, 9.17) is 0 Å². The minimum atomic E-state index is 0.0993. The van der Waals surface area contributed by atoms with Crippen LogP contribution in [0.2, 0.25) is 0 Å². The van der Waals surface area contributed by atoms with Crippen molar-refractivity contribution in [2.75, 3.05) is 25.1 Å². The van der Waals surface area contributed by atoms with Gasteiger partial charge in [-0.25, -0.2) is 0 Å². The van der Waals surface area contributed by atoms with Gasteiger partial charge >= 0.3 is 0 Å². The molecule has 0 saturated carbocycles. The maximum Gasteiger partial charge on any atom is 0.223 e. The fraction of sp³-hybridized carbons (Fsp3) is 0.917. The van der Waals surface area contributed by atoms with Crippen molar-refractivity contribution in [3.05, 3.63) is 0 Å². The van der Waals surface area contributed by atoms with Crippen molar-refractivity contribution in [1.82, 2.24) is 10.2 Å². The number of hydrogen-bond donors (Lipinski definition) is 1. The van der Waals surface area contributed by atoms with E-state index in [9.17, 15) is 4.79 Å². The molecule has 1 unspecified atom stereocenters. The lowest BCUT2D eigenvalue weighted by Gasteiger charge is -2.25. The molecule has 1 rings (SSSR count). The molecular formula is C12H24N2OS. The highest BCUT2D eigenvalue weighted by Crippen LogP contribution is 2.21. The van der Waals surface area contributed by atoms with Gasteiger partial charge in [0.25, 0.3) is 0 Å². The van der Waals surface area contributed by atoms with Gasteiger partial charge in [0.2, 0.25) is 5.91 Å². The Bertz CT molecular complexity index is 232. The molecular weight excluding hydrogens is 220 g/mol. The van der Waals surface area contributed by atoms with Crippen LogP contribution in [0.3, 0.4) is 0 Å². The third-order valence-electron chi connectivity index (χ3n) is 2.84. The van der Waals surface area contributed by atoms with Gasteiger partial charge in [-0.15, -0.1) is 0 Å². The fourth-order valence-electron chi connectivity index (χ4n) is 1.75. The number of carbonyl (C=O) groups is 1. The van der Waals surface area contributed by atoms with E-state index in [1.165, 1.54) is 5.75 Å². The molecule has 1 N–H and O–H groups in total. The van der Waals surface area contributed by atoms with E-state index < -0.39 is 0 Å². The molecule has 94 valence electrons. The Hall–Kier alpha value is -0.220. The van der Waals surface area contributed by atoms with Gasteiger partial charge in [-0.05, 0) is 32.9 Å². The number of hydrogen-bond acceptors (Lipinski definition) is 3. The van der Waals surface area contributed by atoms with Crippen LogP contribution in [0.15, 0.2) is 0 Å². The number of carbonyl (C=O) groups excluding carboxylic acids is 1. The minimum Gasteiger partial charge on any atom is -0.342 e. The zero-order valence-electron chi connectivity index (χ0n) is 10.9. The van der Waals surface area contributed by atoms with Crippen LogP contribution in [0.5, 0.6) is 0 Å². The number of amides is 1. The third-order valence-corrected chi connectivity index (χ3v) is 3.99. The zero-order valence-corrected chi connectivity index (χ0v) is 11.7. The van der Waals surface area contributed by atoms with Crippen LogP contribution in [0.1, 0.15) is 33.6 Å². The Kier molecular flexibility index (Phi) is 5.12. The highest BCUT2D eigenvalue weighted by molar-refractivity contribution is 7.99. The minimum absolute atomic E-state index is 0.0993. The van der Waals surface area contributed by atoms with E-state index in [-0.39, 0.29) is 11.4 Å². The largest absolute Gasteiger partial charge is 0.342 e. The normalized spacial score (nSPS) is 21.1. The standard InChI is InChI=1S/C12H24N2OS/c1-12(2,3)13-7-5-11(15)14(4)10-6-8-16-9-10/h10,13H,5-9H2,1-4H3. The average molecular weight is 244 g/mol. The Morgan fingerprint density at radius 2 is 2.19 bits per heavy atom. The van der Waals surface area contributed by atoms with Crippen molar-refractivity contribution in [3.63, 3.8) is 0 Å². The Morgan fingerprint density at radius 1 is 1.50 bits per heavy atom. The van der Waals surface area contributed by atoms with Crippen LogP contribution in [0.25, 0.3) is 0 Å². The second-order valence-electron chi connectivity index (χ2n) is 5.45. The summed E-state index contributed by atoms with van der Waals surface area (Å²) < 4.78 is 0. The predicted octanol–water partition coefficient (Wildman–Crippen LogP) is 1.73. The molecule has 3 nitrogen and oxygen atoms in total. The Labute approximate surface area is 103 Å². The zero-order chi connectivity index (χ0) is 12.2. The van der Waals surface area contributed by atoms with Crippen LogP contribution in [-0.2, 0) is 4.79 Å². The molecule has 0 aliphatic carbocycles. The van der Waals surface area contributed by atoms with Crippen molar-refractivity contribution in [2.24, 2.45) is 0 Å². The fourth-order valence-corrected chi connectivity index (χ4v) is 3.02. The molecule has 0 radical (unpaired) electrons. The van der Waals surface area contributed by atoms with Crippen molar-refractivity contribution in [1.29, 1.82) is 0 Å². The van der Waals surface area contributed by atoms with Gasteiger partial charge in [0.05, 0.1) is 0 Å². The number of rotatable bonds is 4. The summed E-state index contributed by atoms with van der Waals surface area (Å²) in [5, 5.41) is 3.35. The van der Waals surface area contributed by atoms with Crippen LogP contribution in [0.4, 0.5) is 0 Å². The first-order chi connectivity index (χ1) is 7.40. The molecule has 4 heteroatoms. The summed E-state index contributed by atoms with van der Waals surface area (Å²) in [6, 6.07) is 0.465. The van der Waals surface area contributed by atoms with E-state index in [0.29, 0.717) is 12.5 Å². The van der Waals surface area contributed by atoms with Gasteiger partial charge in [-0.2, -0.15) is 11.8 Å². The van der Waals surface area contributed by atoms with E-state index in [2.05, 4.69) is 26.1 Å². The quantitative estimate of drug-likeness (QED) is 0.817. The van der Waals surface area contributed by atoms with Gasteiger partial charge in [0.15, 0.2) is 0 Å². The lowest BCUT2D eigenvalue weighted by Crippen LogP contribution is -2.41. The molecule has 1 fully saturated rings. The van der Waals surface area contributed by atoms with Crippen molar-refractivity contribution < 1.29 is 4.79 Å². The summed E-state index contributed by atoms with van der Waals surface area (Å²) in [4.78, 5) is 13.8. The average Bonchev–Trinajstić information content (AvgIpc) is 2.67. The van der Waals surface area contributed by atoms with Crippen LogP contribution >= 0.6 is 11.8 Å². The molecule has 1 aliphatic rings. The molecule has 0 bridgehead atoms. The highest BCUT2D eigenvalue weighted by Gasteiger charge is 2.23. The SMILES string of the molecule is CN(C(=O)CCNC(C)(C)C)C1CCSC1. The Balaban J connectivity index is 2.23. The summed E-state index contributed by atoms with van der Waals surface area (Å²) in [6.45, 7) is 7.13. The monoisotopic (exact) mass is 244 g/mol. The lowest BCUT2D eigenvalue weighted by atomic mass is 10.1. The molecule has 1 aliphatic heterocycles. The van der Waals surface area contributed by atoms with Gasteiger partial charge in [-0.1, -0.05) is 0 Å². The van der Waals surface area contributed by atoms with Crippen molar-refractivity contribution >= 4 is 17.7 Å². The summed E-state index contributed by atoms with van der Waals surface area (Å²) in [7, 11) is 1.94. The second-order valence-corrected chi connectivity index (χ2v) is 6.60. The molecule has 1 atom stereocenters. The molecule has 0 aromatic rings. The predicted molar refractivity (Wildman–Crippen MR) is 70.9 cm³/mol. The first-order valence-corrected chi connectivity index (χ1v) is 7.14. The van der Waals surface area contributed by atoms with E-state index >= 15 is 0 Å². The summed E-state index contributed by atoms with van der Waals surface area (Å²) in [5.41, 5.74) is 0.0993. The lowest BCUT2D eigenvalue weighted by molar-refractivity contribution is -0.131. The molecule has 1 heterocycles. The van der Waals surface area contributed by atoms with Gasteiger partial charge in [0, 0.05) is 37.3 Å². The van der Waals surface area contributed by atoms with Crippen LogP contribution in [0, 0.1) is 0 Å². The molecule has 1 saturated heterocycles. The molecule has 0 spiro atoms. The number of thioether (sulfide) groups is 1. The molecule has 0 aromatic carbocycles. The van der Waals surface area contributed by atoms with Crippen molar-refractivity contribution in [2.45, 2.75) is 45.2 Å². The molecule has 1 amide bonds. The van der Waals surface area contributed by atoms with Gasteiger partial charge in [-0.3, -0.25) is 4.79 Å². The molecule has 0 aromatic heterocycles.